The molecule has 6 rings (SSSR count). The lowest BCUT2D eigenvalue weighted by Gasteiger charge is -2.24. The number of rotatable bonds is 9. The summed E-state index contributed by atoms with van der Waals surface area (Å²) < 4.78 is 25.4. The van der Waals surface area contributed by atoms with Crippen LogP contribution in [0.15, 0.2) is 104 Å². The minimum Gasteiger partial charge on any atom is -0.497 e. The van der Waals surface area contributed by atoms with Crippen molar-refractivity contribution in [2.45, 2.75) is 26.5 Å². The van der Waals surface area contributed by atoms with Crippen molar-refractivity contribution in [2.75, 3.05) is 20.8 Å². The molecule has 1 atom stereocenters. The van der Waals surface area contributed by atoms with Crippen molar-refractivity contribution in [3.8, 4) is 17.2 Å². The largest absolute Gasteiger partial charge is 0.497 e. The molecule has 4 aromatic carbocycles. The molecule has 0 N–H and O–H groups in total. The number of esters is 1. The molecule has 8 nitrogen and oxygen atoms in total. The van der Waals surface area contributed by atoms with Gasteiger partial charge in [-0.05, 0) is 87.6 Å². The number of fused-ring (bicyclic) bond motifs is 2. The Morgan fingerprint density at radius 2 is 1.78 bits per heavy atom. The van der Waals surface area contributed by atoms with Gasteiger partial charge in [-0.15, -0.1) is 0 Å². The Morgan fingerprint density at radius 1 is 1.02 bits per heavy atom. The van der Waals surface area contributed by atoms with Crippen molar-refractivity contribution in [1.82, 2.24) is 4.57 Å². The number of carbonyl (C=O) groups is 1. The highest BCUT2D eigenvalue weighted by atomic mass is 79.9. The fourth-order valence-corrected chi connectivity index (χ4v) is 7.20. The first-order chi connectivity index (χ1) is 22.3. The van der Waals surface area contributed by atoms with E-state index in [-0.39, 0.29) is 12.2 Å². The summed E-state index contributed by atoms with van der Waals surface area (Å²) in [7, 11) is 3.17. The lowest BCUT2D eigenvalue weighted by atomic mass is 9.96. The van der Waals surface area contributed by atoms with Crippen LogP contribution in [0.2, 0.25) is 0 Å². The second-order valence-corrected chi connectivity index (χ2v) is 12.4. The SMILES string of the molecule is CCOC(=O)C1=C(C)N=c2s/c(=C\c3cc(Br)c(OCc4cccc5ccccc45)c(OC)c3)c(=O)n2[C@H]1c1ccc(OC)cc1. The van der Waals surface area contributed by atoms with Crippen LogP contribution in [0.4, 0.5) is 0 Å². The fraction of sp³-hybridized carbons (Fsp3) is 0.194. The number of hydrogen-bond donors (Lipinski definition) is 0. The molecule has 1 aliphatic rings. The lowest BCUT2D eigenvalue weighted by Crippen LogP contribution is -2.39. The van der Waals surface area contributed by atoms with Gasteiger partial charge in [-0.1, -0.05) is 65.9 Å². The Hall–Kier alpha value is -4.67. The number of hydrogen-bond acceptors (Lipinski definition) is 8. The number of ether oxygens (including phenoxy) is 4. The lowest BCUT2D eigenvalue weighted by molar-refractivity contribution is -0.139. The van der Waals surface area contributed by atoms with Crippen molar-refractivity contribution >= 4 is 50.1 Å². The summed E-state index contributed by atoms with van der Waals surface area (Å²) in [6.45, 7) is 4.06. The van der Waals surface area contributed by atoms with Crippen molar-refractivity contribution in [1.29, 1.82) is 0 Å². The highest BCUT2D eigenvalue weighted by molar-refractivity contribution is 9.10. The van der Waals surface area contributed by atoms with Crippen molar-refractivity contribution in [3.05, 3.63) is 131 Å². The number of halogens is 1. The number of allylic oxidation sites excluding steroid dienone is 1. The van der Waals surface area contributed by atoms with Crippen molar-refractivity contribution in [2.24, 2.45) is 4.99 Å². The number of carbonyl (C=O) groups excluding carboxylic acids is 1. The smallest absolute Gasteiger partial charge is 0.338 e. The highest BCUT2D eigenvalue weighted by Gasteiger charge is 2.33. The van der Waals surface area contributed by atoms with E-state index < -0.39 is 12.0 Å². The summed E-state index contributed by atoms with van der Waals surface area (Å²) in [5.41, 5.74) is 3.08. The molecule has 46 heavy (non-hydrogen) atoms. The molecule has 0 bridgehead atoms. The monoisotopic (exact) mass is 698 g/mol. The van der Waals surface area contributed by atoms with Crippen LogP contribution in [0.25, 0.3) is 16.8 Å². The summed E-state index contributed by atoms with van der Waals surface area (Å²) in [6, 6.07) is 24.6. The molecule has 1 aliphatic heterocycles. The number of thiazole rings is 1. The molecular formula is C36H31BrN2O6S. The Balaban J connectivity index is 1.39. The van der Waals surface area contributed by atoms with E-state index in [0.717, 1.165) is 27.5 Å². The zero-order valence-corrected chi connectivity index (χ0v) is 28.1. The van der Waals surface area contributed by atoms with Crippen LogP contribution in [0.5, 0.6) is 17.2 Å². The van der Waals surface area contributed by atoms with Gasteiger partial charge in [0, 0.05) is 0 Å². The van der Waals surface area contributed by atoms with Crippen LogP contribution in [-0.2, 0) is 16.1 Å². The molecule has 5 aromatic rings. The Kier molecular flexibility index (Phi) is 9.10. The van der Waals surface area contributed by atoms with E-state index in [0.29, 0.717) is 48.9 Å². The first-order valence-corrected chi connectivity index (χ1v) is 16.2. The molecule has 0 radical (unpaired) electrons. The van der Waals surface area contributed by atoms with Crippen LogP contribution in [0.1, 0.15) is 36.6 Å². The maximum absolute atomic E-state index is 14.0. The Morgan fingerprint density at radius 3 is 2.52 bits per heavy atom. The molecule has 2 heterocycles. The summed E-state index contributed by atoms with van der Waals surface area (Å²) in [6.07, 6.45) is 1.79. The van der Waals surface area contributed by atoms with Crippen molar-refractivity contribution < 1.29 is 23.7 Å². The standard InChI is InChI=1S/C36H31BrN2O6S/c1-5-44-35(41)31-21(2)38-36-39(32(31)24-13-15-26(42-3)16-14-24)34(40)30(46-36)19-22-17-28(37)33(29(18-22)43-4)45-20-25-11-8-10-23-9-6-7-12-27(23)25/h6-19,32H,5,20H2,1-4H3/b30-19-/t32-/m0/s1. The maximum Gasteiger partial charge on any atom is 0.338 e. The molecule has 0 fully saturated rings. The van der Waals surface area contributed by atoms with E-state index in [4.69, 9.17) is 18.9 Å². The van der Waals surface area contributed by atoms with Crippen LogP contribution in [-0.4, -0.2) is 31.4 Å². The minimum absolute atomic E-state index is 0.202. The van der Waals surface area contributed by atoms with Crippen LogP contribution in [0, 0.1) is 0 Å². The summed E-state index contributed by atoms with van der Waals surface area (Å²) in [4.78, 5) is 32.4. The van der Waals surface area contributed by atoms with Crippen LogP contribution >= 0.6 is 27.3 Å². The highest BCUT2D eigenvalue weighted by Crippen LogP contribution is 2.38. The first kappa shape index (κ1) is 31.3. The number of methoxy groups -OCH3 is 2. The molecule has 0 amide bonds. The van der Waals surface area contributed by atoms with E-state index in [1.165, 1.54) is 11.3 Å². The molecule has 10 heteroatoms. The van der Waals surface area contributed by atoms with Gasteiger partial charge in [-0.25, -0.2) is 9.79 Å². The van der Waals surface area contributed by atoms with E-state index in [1.54, 1.807) is 50.8 Å². The van der Waals surface area contributed by atoms with Gasteiger partial charge in [0.1, 0.15) is 12.4 Å². The van der Waals surface area contributed by atoms with E-state index >= 15 is 0 Å². The predicted octanol–water partition coefficient (Wildman–Crippen LogP) is 6.31. The van der Waals surface area contributed by atoms with E-state index in [9.17, 15) is 9.59 Å². The van der Waals surface area contributed by atoms with Gasteiger partial charge in [0.15, 0.2) is 16.3 Å². The third kappa shape index (κ3) is 5.98. The molecule has 0 saturated carbocycles. The van der Waals surface area contributed by atoms with Gasteiger partial charge in [-0.2, -0.15) is 0 Å². The third-order valence-corrected chi connectivity index (χ3v) is 9.32. The van der Waals surface area contributed by atoms with Gasteiger partial charge in [-0.3, -0.25) is 9.36 Å². The minimum atomic E-state index is -0.713. The number of nitrogens with zero attached hydrogens (tertiary/aromatic N) is 2. The van der Waals surface area contributed by atoms with Gasteiger partial charge in [0.05, 0.1) is 47.1 Å². The van der Waals surface area contributed by atoms with Crippen LogP contribution in [0.3, 0.4) is 0 Å². The van der Waals surface area contributed by atoms with E-state index in [1.807, 2.05) is 48.5 Å². The molecule has 0 spiro atoms. The van der Waals surface area contributed by atoms with Gasteiger partial charge in [0.2, 0.25) is 0 Å². The van der Waals surface area contributed by atoms with Crippen molar-refractivity contribution in [3.63, 3.8) is 0 Å². The summed E-state index contributed by atoms with van der Waals surface area (Å²) in [5.74, 6) is 1.23. The maximum atomic E-state index is 14.0. The van der Waals surface area contributed by atoms with Gasteiger partial charge >= 0.3 is 5.97 Å². The average molecular weight is 700 g/mol. The van der Waals surface area contributed by atoms with Crippen LogP contribution < -0.4 is 29.1 Å². The predicted molar refractivity (Wildman–Crippen MR) is 182 cm³/mol. The van der Waals surface area contributed by atoms with Gasteiger partial charge < -0.3 is 18.9 Å². The normalized spacial score (nSPS) is 14.5. The number of benzene rings is 4. The molecular weight excluding hydrogens is 668 g/mol. The summed E-state index contributed by atoms with van der Waals surface area (Å²) in [5, 5.41) is 2.27. The zero-order chi connectivity index (χ0) is 32.4. The molecule has 0 aliphatic carbocycles. The molecule has 0 saturated heterocycles. The second kappa shape index (κ2) is 13.4. The third-order valence-electron chi connectivity index (χ3n) is 7.75. The topological polar surface area (TPSA) is 88.4 Å². The molecule has 234 valence electrons. The Labute approximate surface area is 278 Å². The molecule has 0 unspecified atom stereocenters. The fourth-order valence-electron chi connectivity index (χ4n) is 5.58. The van der Waals surface area contributed by atoms with Gasteiger partial charge in [0.25, 0.3) is 5.56 Å². The second-order valence-electron chi connectivity index (χ2n) is 10.5. The van der Waals surface area contributed by atoms with E-state index in [2.05, 4.69) is 39.1 Å². The zero-order valence-electron chi connectivity index (χ0n) is 25.7. The average Bonchev–Trinajstić information content (AvgIpc) is 3.36. The number of aromatic nitrogens is 1. The first-order valence-electron chi connectivity index (χ1n) is 14.6. The molecule has 1 aromatic heterocycles. The Bertz CT molecular complexity index is 2160. The summed E-state index contributed by atoms with van der Waals surface area (Å²) >= 11 is 4.91. The quantitative estimate of drug-likeness (QED) is 0.168.